The molecule has 0 aromatic carbocycles. The largest absolute Gasteiger partial charge is 0.367 e. The highest BCUT2D eigenvalue weighted by atomic mass is 35.5. The molecule has 0 saturated heterocycles. The van der Waals surface area contributed by atoms with Crippen molar-refractivity contribution < 1.29 is 17.8 Å². The molecular weight excluding hydrogens is 232 g/mol. The van der Waals surface area contributed by atoms with Gasteiger partial charge < -0.3 is 5.73 Å². The Kier molecular flexibility index (Phi) is 5.65. The maximum Gasteiger partial charge on any atom is 0.293 e. The molecule has 1 unspecified atom stereocenters. The van der Waals surface area contributed by atoms with Gasteiger partial charge >= 0.3 is 0 Å². The average molecular weight is 247 g/mol. The SMILES string of the molecule is CCC(C(N)=O)(N(C)C)S(=O)(=O)O.Cl. The van der Waals surface area contributed by atoms with Crippen LogP contribution >= 0.6 is 12.4 Å². The highest BCUT2D eigenvalue weighted by molar-refractivity contribution is 7.88. The number of nitrogens with zero attached hydrogens (tertiary/aromatic N) is 1. The van der Waals surface area contributed by atoms with E-state index in [1.54, 1.807) is 0 Å². The summed E-state index contributed by atoms with van der Waals surface area (Å²) in [5.74, 6) is -1.08. The summed E-state index contributed by atoms with van der Waals surface area (Å²) in [5.41, 5.74) is 4.95. The fraction of sp³-hybridized carbons (Fsp3) is 0.833. The summed E-state index contributed by atoms with van der Waals surface area (Å²) in [4.78, 5) is 10.0. The molecule has 0 aromatic heterocycles. The molecule has 8 heteroatoms. The van der Waals surface area contributed by atoms with Crippen molar-refractivity contribution in [3.05, 3.63) is 0 Å². The van der Waals surface area contributed by atoms with Crippen molar-refractivity contribution in [2.45, 2.75) is 18.2 Å². The van der Waals surface area contributed by atoms with Gasteiger partial charge in [-0.05, 0) is 20.5 Å². The highest BCUT2D eigenvalue weighted by Gasteiger charge is 2.49. The van der Waals surface area contributed by atoms with Crippen LogP contribution in [0.4, 0.5) is 0 Å². The van der Waals surface area contributed by atoms with Crippen molar-refractivity contribution in [3.8, 4) is 0 Å². The van der Waals surface area contributed by atoms with Gasteiger partial charge in [0.1, 0.15) is 0 Å². The van der Waals surface area contributed by atoms with Crippen LogP contribution in [0.5, 0.6) is 0 Å². The van der Waals surface area contributed by atoms with Gasteiger partial charge in [0.2, 0.25) is 4.87 Å². The number of halogens is 1. The Morgan fingerprint density at radius 2 is 1.86 bits per heavy atom. The molecule has 6 nitrogen and oxygen atoms in total. The van der Waals surface area contributed by atoms with Crippen molar-refractivity contribution in [3.63, 3.8) is 0 Å². The number of carbonyl (C=O) groups is 1. The third-order valence-corrected chi connectivity index (χ3v) is 3.72. The lowest BCUT2D eigenvalue weighted by Gasteiger charge is -2.32. The molecule has 0 bridgehead atoms. The number of hydrogen-bond acceptors (Lipinski definition) is 4. The third kappa shape index (κ3) is 2.35. The molecule has 0 fully saturated rings. The van der Waals surface area contributed by atoms with E-state index in [4.69, 9.17) is 10.3 Å². The van der Waals surface area contributed by atoms with Crippen LogP contribution in [-0.4, -0.2) is 42.7 Å². The first kappa shape index (κ1) is 16.1. The van der Waals surface area contributed by atoms with Crippen LogP contribution in [0.3, 0.4) is 0 Å². The van der Waals surface area contributed by atoms with Crippen LogP contribution in [0.2, 0.25) is 0 Å². The summed E-state index contributed by atoms with van der Waals surface area (Å²) in [5, 5.41) is 0. The summed E-state index contributed by atoms with van der Waals surface area (Å²) < 4.78 is 30.9. The van der Waals surface area contributed by atoms with Crippen molar-refractivity contribution in [2.24, 2.45) is 5.73 Å². The predicted octanol–water partition coefficient (Wildman–Crippen LogP) is -0.551. The molecule has 0 rings (SSSR count). The van der Waals surface area contributed by atoms with Gasteiger partial charge in [-0.2, -0.15) is 8.42 Å². The Bertz CT molecular complexity index is 303. The van der Waals surface area contributed by atoms with E-state index in [1.807, 2.05) is 0 Å². The molecule has 0 aliphatic carbocycles. The second kappa shape index (κ2) is 4.92. The molecule has 0 heterocycles. The van der Waals surface area contributed by atoms with Gasteiger partial charge in [-0.25, -0.2) is 0 Å². The molecule has 86 valence electrons. The van der Waals surface area contributed by atoms with Gasteiger partial charge in [-0.1, -0.05) is 6.92 Å². The van der Waals surface area contributed by atoms with E-state index >= 15 is 0 Å². The maximum atomic E-state index is 11.0. The minimum Gasteiger partial charge on any atom is -0.367 e. The van der Waals surface area contributed by atoms with Crippen molar-refractivity contribution in [1.82, 2.24) is 4.90 Å². The quantitative estimate of drug-likeness (QED) is 0.648. The second-order valence-corrected chi connectivity index (χ2v) is 4.50. The molecule has 0 radical (unpaired) electrons. The summed E-state index contributed by atoms with van der Waals surface area (Å²) in [6.45, 7) is 1.46. The Labute approximate surface area is 89.6 Å². The van der Waals surface area contributed by atoms with Crippen LogP contribution in [0.15, 0.2) is 0 Å². The molecular formula is C6H15ClN2O4S. The van der Waals surface area contributed by atoms with Crippen LogP contribution < -0.4 is 5.73 Å². The third-order valence-electron chi connectivity index (χ3n) is 2.01. The number of likely N-dealkylation sites (N-methyl/N-ethyl adjacent to an activating group) is 1. The van der Waals surface area contributed by atoms with Crippen LogP contribution in [0, 0.1) is 0 Å². The lowest BCUT2D eigenvalue weighted by molar-refractivity contribution is -0.124. The second-order valence-electron chi connectivity index (χ2n) is 2.87. The lowest BCUT2D eigenvalue weighted by atomic mass is 10.2. The van der Waals surface area contributed by atoms with E-state index in [1.165, 1.54) is 21.0 Å². The summed E-state index contributed by atoms with van der Waals surface area (Å²) >= 11 is 0. The summed E-state index contributed by atoms with van der Waals surface area (Å²) in [6.07, 6.45) is -0.103. The van der Waals surface area contributed by atoms with E-state index in [0.717, 1.165) is 4.90 Å². The van der Waals surface area contributed by atoms with E-state index in [-0.39, 0.29) is 18.8 Å². The number of hydrogen-bond donors (Lipinski definition) is 2. The normalized spacial score (nSPS) is 15.8. The molecule has 0 aliphatic rings. The molecule has 14 heavy (non-hydrogen) atoms. The number of primary amides is 1. The summed E-state index contributed by atoms with van der Waals surface area (Å²) in [7, 11) is -1.80. The number of rotatable bonds is 4. The molecule has 0 aromatic rings. The Morgan fingerprint density at radius 1 is 1.50 bits per heavy atom. The highest BCUT2D eigenvalue weighted by Crippen LogP contribution is 2.22. The molecule has 3 N–H and O–H groups in total. The van der Waals surface area contributed by atoms with Crippen molar-refractivity contribution >= 4 is 28.4 Å². The van der Waals surface area contributed by atoms with Crippen LogP contribution in [-0.2, 0) is 14.9 Å². The minimum atomic E-state index is -4.52. The number of carbonyl (C=O) groups excluding carboxylic acids is 1. The van der Waals surface area contributed by atoms with Gasteiger partial charge in [0, 0.05) is 0 Å². The van der Waals surface area contributed by atoms with Crippen LogP contribution in [0.25, 0.3) is 0 Å². The van der Waals surface area contributed by atoms with Gasteiger partial charge in [-0.15, -0.1) is 12.4 Å². The van der Waals surface area contributed by atoms with E-state index < -0.39 is 20.9 Å². The standard InChI is InChI=1S/C6H14N2O4S.ClH/c1-4-6(5(7)9,8(2)3)13(10,11)12;/h4H2,1-3H3,(H2,7,9)(H,10,11,12);1H. The topological polar surface area (TPSA) is 101 Å². The monoisotopic (exact) mass is 246 g/mol. The Balaban J connectivity index is 0. The number of nitrogens with two attached hydrogens (primary N) is 1. The van der Waals surface area contributed by atoms with Crippen molar-refractivity contribution in [1.29, 1.82) is 0 Å². The fourth-order valence-corrected chi connectivity index (χ4v) is 2.33. The fourth-order valence-electron chi connectivity index (χ4n) is 1.25. The maximum absolute atomic E-state index is 11.0. The molecule has 0 spiro atoms. The first-order valence-electron chi connectivity index (χ1n) is 3.64. The first-order valence-corrected chi connectivity index (χ1v) is 5.08. The molecule has 0 aliphatic heterocycles. The van der Waals surface area contributed by atoms with Gasteiger partial charge in [-0.3, -0.25) is 14.2 Å². The van der Waals surface area contributed by atoms with Crippen LogP contribution in [0.1, 0.15) is 13.3 Å². The van der Waals surface area contributed by atoms with Gasteiger partial charge in [0.25, 0.3) is 16.0 Å². The smallest absolute Gasteiger partial charge is 0.293 e. The number of amides is 1. The first-order chi connectivity index (χ1) is 5.70. The Morgan fingerprint density at radius 3 is 1.86 bits per heavy atom. The Hall–Kier alpha value is -0.370. The molecule has 1 amide bonds. The minimum absolute atomic E-state index is 0. The molecule has 0 saturated carbocycles. The van der Waals surface area contributed by atoms with Crippen molar-refractivity contribution in [2.75, 3.05) is 14.1 Å². The average Bonchev–Trinajstić information content (AvgIpc) is 1.83. The van der Waals surface area contributed by atoms with Gasteiger partial charge in [0.15, 0.2) is 0 Å². The zero-order valence-electron chi connectivity index (χ0n) is 8.22. The van der Waals surface area contributed by atoms with E-state index in [9.17, 15) is 13.2 Å². The summed E-state index contributed by atoms with van der Waals surface area (Å²) in [6, 6.07) is 0. The zero-order valence-corrected chi connectivity index (χ0v) is 9.85. The van der Waals surface area contributed by atoms with E-state index in [2.05, 4.69) is 0 Å². The molecule has 1 atom stereocenters. The predicted molar refractivity (Wildman–Crippen MR) is 54.7 cm³/mol. The van der Waals surface area contributed by atoms with Gasteiger partial charge in [0.05, 0.1) is 0 Å². The lowest BCUT2D eigenvalue weighted by Crippen LogP contribution is -2.59. The van der Waals surface area contributed by atoms with E-state index in [0.29, 0.717) is 0 Å². The zero-order chi connectivity index (χ0) is 10.9.